The van der Waals surface area contributed by atoms with E-state index in [1.807, 2.05) is 6.07 Å². The minimum atomic E-state index is 0.362. The Kier molecular flexibility index (Phi) is 3.39. The molecule has 2 aliphatic rings. The normalized spacial score (nSPS) is 25.1. The van der Waals surface area contributed by atoms with Crippen LogP contribution in [0.1, 0.15) is 42.5 Å². The van der Waals surface area contributed by atoms with E-state index in [2.05, 4.69) is 16.4 Å². The van der Waals surface area contributed by atoms with Crippen molar-refractivity contribution >= 4 is 5.82 Å². The first-order chi connectivity index (χ1) is 9.30. The highest BCUT2D eigenvalue weighted by atomic mass is 16.5. The third-order valence-electron chi connectivity index (χ3n) is 4.19. The number of nitriles is 1. The predicted molar refractivity (Wildman–Crippen MR) is 73.0 cm³/mol. The van der Waals surface area contributed by atoms with E-state index in [4.69, 9.17) is 4.74 Å². The second kappa shape index (κ2) is 5.18. The number of aryl methyl sites for hydroxylation is 2. The maximum atomic E-state index is 9.27. The Hall–Kier alpha value is -1.60. The Balaban J connectivity index is 1.78. The van der Waals surface area contributed by atoms with Gasteiger partial charge in [0.1, 0.15) is 11.9 Å². The largest absolute Gasteiger partial charge is 0.381 e. The number of hydrogen-bond acceptors (Lipinski definition) is 4. The summed E-state index contributed by atoms with van der Waals surface area (Å²) in [6, 6.07) is 4.69. The number of hydrogen-bond donors (Lipinski definition) is 1. The highest BCUT2D eigenvalue weighted by Gasteiger charge is 2.30. The number of nitrogens with zero attached hydrogens (tertiary/aromatic N) is 2. The molecule has 0 aliphatic heterocycles. The van der Waals surface area contributed by atoms with Crippen LogP contribution in [0.5, 0.6) is 0 Å². The molecule has 0 bridgehead atoms. The molecule has 1 fully saturated rings. The third-order valence-corrected chi connectivity index (χ3v) is 4.19. The van der Waals surface area contributed by atoms with Crippen LogP contribution in [0.4, 0.5) is 5.82 Å². The first-order valence-corrected chi connectivity index (χ1v) is 7.02. The average molecular weight is 257 g/mol. The summed E-state index contributed by atoms with van der Waals surface area (Å²) >= 11 is 0. The molecule has 19 heavy (non-hydrogen) atoms. The van der Waals surface area contributed by atoms with E-state index in [-0.39, 0.29) is 0 Å². The molecule has 0 saturated heterocycles. The first-order valence-electron chi connectivity index (χ1n) is 7.02. The minimum Gasteiger partial charge on any atom is -0.381 e. The van der Waals surface area contributed by atoms with Gasteiger partial charge in [0.2, 0.25) is 0 Å². The Bertz CT molecular complexity index is 515. The van der Waals surface area contributed by atoms with Crippen LogP contribution in [0.3, 0.4) is 0 Å². The van der Waals surface area contributed by atoms with Crippen molar-refractivity contribution in [2.45, 2.75) is 50.7 Å². The van der Waals surface area contributed by atoms with Crippen LogP contribution in [0.25, 0.3) is 0 Å². The molecule has 0 aromatic carbocycles. The van der Waals surface area contributed by atoms with E-state index in [1.54, 1.807) is 7.11 Å². The van der Waals surface area contributed by atoms with Gasteiger partial charge in [0.25, 0.3) is 0 Å². The van der Waals surface area contributed by atoms with Gasteiger partial charge >= 0.3 is 0 Å². The highest BCUT2D eigenvalue weighted by Crippen LogP contribution is 2.29. The molecule has 1 heterocycles. The lowest BCUT2D eigenvalue weighted by Gasteiger charge is -2.35. The van der Waals surface area contributed by atoms with Crippen molar-refractivity contribution < 1.29 is 4.74 Å². The van der Waals surface area contributed by atoms with Crippen LogP contribution < -0.4 is 5.32 Å². The minimum absolute atomic E-state index is 0.362. The molecule has 1 saturated carbocycles. The topological polar surface area (TPSA) is 57.9 Å². The van der Waals surface area contributed by atoms with Gasteiger partial charge in [0, 0.05) is 18.8 Å². The molecule has 0 amide bonds. The standard InChI is InChI=1S/C15H19N3O/c1-19-13-7-12(8-13)17-15-11(9-16)6-10-4-2-3-5-14(10)18-15/h6,12-13H,2-5,7-8H2,1H3,(H,17,18). The molecule has 1 N–H and O–H groups in total. The van der Waals surface area contributed by atoms with Gasteiger partial charge in [-0.25, -0.2) is 4.98 Å². The first kappa shape index (κ1) is 12.4. The SMILES string of the molecule is COC1CC(Nc2nc3c(cc2C#N)CCCC3)C1. The van der Waals surface area contributed by atoms with Crippen molar-refractivity contribution in [2.24, 2.45) is 0 Å². The maximum absolute atomic E-state index is 9.27. The number of aromatic nitrogens is 1. The molecule has 4 heteroatoms. The summed E-state index contributed by atoms with van der Waals surface area (Å²) in [4.78, 5) is 4.68. The van der Waals surface area contributed by atoms with Gasteiger partial charge in [0.15, 0.2) is 0 Å². The number of anilines is 1. The molecular formula is C15H19N3O. The summed E-state index contributed by atoms with van der Waals surface area (Å²) < 4.78 is 5.28. The summed E-state index contributed by atoms with van der Waals surface area (Å²) in [5.41, 5.74) is 3.12. The van der Waals surface area contributed by atoms with Gasteiger partial charge in [-0.1, -0.05) is 0 Å². The summed E-state index contributed by atoms with van der Waals surface area (Å²) in [7, 11) is 1.75. The van der Waals surface area contributed by atoms with E-state index >= 15 is 0 Å². The smallest absolute Gasteiger partial charge is 0.144 e. The van der Waals surface area contributed by atoms with E-state index in [9.17, 15) is 5.26 Å². The summed E-state index contributed by atoms with van der Waals surface area (Å²) in [6.45, 7) is 0. The maximum Gasteiger partial charge on any atom is 0.144 e. The van der Waals surface area contributed by atoms with Gasteiger partial charge in [-0.05, 0) is 50.2 Å². The molecule has 0 unspecified atom stereocenters. The van der Waals surface area contributed by atoms with Crippen molar-refractivity contribution in [3.8, 4) is 6.07 Å². The van der Waals surface area contributed by atoms with Crippen molar-refractivity contribution in [1.82, 2.24) is 4.98 Å². The van der Waals surface area contributed by atoms with E-state index in [1.165, 1.54) is 24.1 Å². The van der Waals surface area contributed by atoms with Crippen LogP contribution >= 0.6 is 0 Å². The zero-order valence-corrected chi connectivity index (χ0v) is 11.3. The third kappa shape index (κ3) is 2.43. The van der Waals surface area contributed by atoms with Crippen LogP contribution in [-0.2, 0) is 17.6 Å². The zero-order valence-electron chi connectivity index (χ0n) is 11.3. The summed E-state index contributed by atoms with van der Waals surface area (Å²) in [6.07, 6.45) is 6.89. The fourth-order valence-electron chi connectivity index (χ4n) is 2.90. The van der Waals surface area contributed by atoms with Gasteiger partial charge < -0.3 is 10.1 Å². The second-order valence-corrected chi connectivity index (χ2v) is 5.48. The Morgan fingerprint density at radius 3 is 2.89 bits per heavy atom. The van der Waals surface area contributed by atoms with Crippen molar-refractivity contribution in [3.05, 3.63) is 22.9 Å². The average Bonchev–Trinajstić information content (AvgIpc) is 2.41. The van der Waals surface area contributed by atoms with Gasteiger partial charge in [-0.15, -0.1) is 0 Å². The van der Waals surface area contributed by atoms with Gasteiger partial charge in [0.05, 0.1) is 11.7 Å². The number of nitrogens with one attached hydrogen (secondary N) is 1. The lowest BCUT2D eigenvalue weighted by atomic mass is 9.89. The van der Waals surface area contributed by atoms with Crippen molar-refractivity contribution in [1.29, 1.82) is 5.26 Å². The Morgan fingerprint density at radius 1 is 1.37 bits per heavy atom. The fraction of sp³-hybridized carbons (Fsp3) is 0.600. The molecule has 4 nitrogen and oxygen atoms in total. The van der Waals surface area contributed by atoms with Gasteiger partial charge in [-0.3, -0.25) is 0 Å². The molecule has 0 radical (unpaired) electrons. The van der Waals surface area contributed by atoms with E-state index in [0.717, 1.165) is 31.5 Å². The number of rotatable bonds is 3. The van der Waals surface area contributed by atoms with Crippen LogP contribution in [0.2, 0.25) is 0 Å². The molecular weight excluding hydrogens is 238 g/mol. The predicted octanol–water partition coefficient (Wildman–Crippen LogP) is 2.42. The van der Waals surface area contributed by atoms with Crippen molar-refractivity contribution in [3.63, 3.8) is 0 Å². The molecule has 0 spiro atoms. The molecule has 100 valence electrons. The lowest BCUT2D eigenvalue weighted by molar-refractivity contribution is 0.0328. The Labute approximate surface area is 113 Å². The summed E-state index contributed by atoms with van der Waals surface area (Å²) in [5, 5.41) is 12.7. The molecule has 0 atom stereocenters. The number of ether oxygens (including phenoxy) is 1. The fourth-order valence-corrected chi connectivity index (χ4v) is 2.90. The van der Waals surface area contributed by atoms with Crippen LogP contribution in [0.15, 0.2) is 6.07 Å². The number of methoxy groups -OCH3 is 1. The monoisotopic (exact) mass is 257 g/mol. The number of fused-ring (bicyclic) bond motifs is 1. The quantitative estimate of drug-likeness (QED) is 0.903. The zero-order chi connectivity index (χ0) is 13.2. The van der Waals surface area contributed by atoms with Crippen molar-refractivity contribution in [2.75, 3.05) is 12.4 Å². The summed E-state index contributed by atoms with van der Waals surface area (Å²) in [5.74, 6) is 0.766. The Morgan fingerprint density at radius 2 is 2.16 bits per heavy atom. The second-order valence-electron chi connectivity index (χ2n) is 5.48. The molecule has 2 aliphatic carbocycles. The molecule has 1 aromatic rings. The molecule has 1 aromatic heterocycles. The highest BCUT2D eigenvalue weighted by molar-refractivity contribution is 5.55. The number of pyridine rings is 1. The lowest BCUT2D eigenvalue weighted by Crippen LogP contribution is -2.40. The van der Waals surface area contributed by atoms with E-state index < -0.39 is 0 Å². The van der Waals surface area contributed by atoms with Crippen LogP contribution in [0, 0.1) is 11.3 Å². The van der Waals surface area contributed by atoms with Gasteiger partial charge in [-0.2, -0.15) is 5.26 Å². The van der Waals surface area contributed by atoms with Crippen LogP contribution in [-0.4, -0.2) is 24.2 Å². The van der Waals surface area contributed by atoms with E-state index in [0.29, 0.717) is 17.7 Å². The molecule has 3 rings (SSSR count).